The highest BCUT2D eigenvalue weighted by atomic mass is 32.2. The van der Waals surface area contributed by atoms with Crippen LogP contribution in [-0.4, -0.2) is 18.4 Å². The van der Waals surface area contributed by atoms with E-state index in [9.17, 15) is 8.42 Å². The molecule has 21 heavy (non-hydrogen) atoms. The molecule has 0 unspecified atom stereocenters. The first-order valence-corrected chi connectivity index (χ1v) is 8.13. The summed E-state index contributed by atoms with van der Waals surface area (Å²) in [7, 11) is -3.51. The maximum Gasteiger partial charge on any atom is 0.226 e. The monoisotopic (exact) mass is 301 g/mol. The Morgan fingerprint density at radius 3 is 2.57 bits per heavy atom. The average molecular weight is 301 g/mol. The number of nitrogen functional groups attached to an aromatic ring is 1. The summed E-state index contributed by atoms with van der Waals surface area (Å²) in [6.45, 7) is 1.96. The van der Waals surface area contributed by atoms with Crippen LogP contribution >= 0.6 is 0 Å². The molecule has 0 radical (unpaired) electrons. The number of fused-ring (bicyclic) bond motifs is 1. The Morgan fingerprint density at radius 1 is 1.14 bits per heavy atom. The normalized spacial score (nSPS) is 11.9. The zero-order valence-electron chi connectivity index (χ0n) is 11.5. The standard InChI is InChI=1S/C15H15N3O2S/c1-10-2-4-11(5-3-10)9-21(19,20)15-17-13-7-6-12(16)8-14(13)18-15/h2-8H,9,16H2,1H3,(H,17,18). The van der Waals surface area contributed by atoms with Crippen molar-refractivity contribution in [2.45, 2.75) is 17.8 Å². The third-order valence-electron chi connectivity index (χ3n) is 3.26. The zero-order chi connectivity index (χ0) is 15.0. The van der Waals surface area contributed by atoms with Crippen molar-refractivity contribution >= 4 is 26.6 Å². The van der Waals surface area contributed by atoms with Gasteiger partial charge in [0.25, 0.3) is 0 Å². The smallest absolute Gasteiger partial charge is 0.226 e. The predicted molar refractivity (Wildman–Crippen MR) is 82.6 cm³/mol. The Labute approximate surface area is 122 Å². The lowest BCUT2D eigenvalue weighted by Gasteiger charge is -2.02. The molecule has 0 aliphatic carbocycles. The van der Waals surface area contributed by atoms with Crippen LogP contribution in [0, 0.1) is 6.92 Å². The van der Waals surface area contributed by atoms with Gasteiger partial charge in [0.05, 0.1) is 16.8 Å². The topological polar surface area (TPSA) is 88.8 Å². The van der Waals surface area contributed by atoms with Gasteiger partial charge < -0.3 is 10.7 Å². The van der Waals surface area contributed by atoms with Crippen LogP contribution in [0.15, 0.2) is 47.6 Å². The summed E-state index contributed by atoms with van der Waals surface area (Å²) in [5.41, 5.74) is 9.29. The minimum atomic E-state index is -3.51. The molecule has 3 N–H and O–H groups in total. The van der Waals surface area contributed by atoms with E-state index in [1.165, 1.54) is 0 Å². The highest BCUT2D eigenvalue weighted by Crippen LogP contribution is 2.20. The van der Waals surface area contributed by atoms with Gasteiger partial charge in [-0.15, -0.1) is 0 Å². The van der Waals surface area contributed by atoms with Crippen LogP contribution in [-0.2, 0) is 15.6 Å². The molecule has 0 aliphatic rings. The molecule has 3 rings (SSSR count). The van der Waals surface area contributed by atoms with Gasteiger partial charge in [-0.25, -0.2) is 13.4 Å². The van der Waals surface area contributed by atoms with E-state index in [1.807, 2.05) is 31.2 Å². The highest BCUT2D eigenvalue weighted by molar-refractivity contribution is 7.90. The Morgan fingerprint density at radius 2 is 1.86 bits per heavy atom. The van der Waals surface area contributed by atoms with E-state index < -0.39 is 9.84 Å². The van der Waals surface area contributed by atoms with Gasteiger partial charge in [-0.3, -0.25) is 0 Å². The molecule has 0 bridgehead atoms. The number of nitrogens with zero attached hydrogens (tertiary/aromatic N) is 1. The van der Waals surface area contributed by atoms with E-state index in [0.717, 1.165) is 11.1 Å². The Bertz CT molecular complexity index is 896. The fraction of sp³-hybridized carbons (Fsp3) is 0.133. The molecular weight excluding hydrogens is 286 g/mol. The molecule has 6 heteroatoms. The van der Waals surface area contributed by atoms with Crippen molar-refractivity contribution in [1.29, 1.82) is 0 Å². The number of imidazole rings is 1. The molecule has 0 saturated carbocycles. The summed E-state index contributed by atoms with van der Waals surface area (Å²) in [6, 6.07) is 12.5. The number of rotatable bonds is 3. The van der Waals surface area contributed by atoms with Gasteiger partial charge in [0, 0.05) is 5.69 Å². The summed E-state index contributed by atoms with van der Waals surface area (Å²) in [4.78, 5) is 6.97. The summed E-state index contributed by atoms with van der Waals surface area (Å²) in [5.74, 6) is -0.0808. The van der Waals surface area contributed by atoms with Gasteiger partial charge >= 0.3 is 0 Å². The van der Waals surface area contributed by atoms with Crippen LogP contribution in [0.3, 0.4) is 0 Å². The van der Waals surface area contributed by atoms with Gasteiger partial charge in [0.15, 0.2) is 0 Å². The van der Waals surface area contributed by atoms with E-state index in [1.54, 1.807) is 18.2 Å². The highest BCUT2D eigenvalue weighted by Gasteiger charge is 2.19. The van der Waals surface area contributed by atoms with E-state index in [-0.39, 0.29) is 10.9 Å². The molecule has 3 aromatic rings. The van der Waals surface area contributed by atoms with Crippen LogP contribution in [0.2, 0.25) is 0 Å². The molecule has 5 nitrogen and oxygen atoms in total. The fourth-order valence-electron chi connectivity index (χ4n) is 2.12. The van der Waals surface area contributed by atoms with Crippen molar-refractivity contribution in [3.8, 4) is 0 Å². The Kier molecular flexibility index (Phi) is 3.17. The largest absolute Gasteiger partial charge is 0.399 e. The minimum Gasteiger partial charge on any atom is -0.399 e. The minimum absolute atomic E-state index is 0.0244. The second-order valence-electron chi connectivity index (χ2n) is 5.06. The van der Waals surface area contributed by atoms with Crippen molar-refractivity contribution in [2.75, 3.05) is 5.73 Å². The maximum atomic E-state index is 12.4. The molecule has 1 aromatic heterocycles. The average Bonchev–Trinajstić information content (AvgIpc) is 2.85. The number of aromatic nitrogens is 2. The van der Waals surface area contributed by atoms with E-state index >= 15 is 0 Å². The first-order chi connectivity index (χ1) is 9.94. The molecule has 0 saturated heterocycles. The number of aromatic amines is 1. The molecule has 1 heterocycles. The lowest BCUT2D eigenvalue weighted by Crippen LogP contribution is -2.06. The van der Waals surface area contributed by atoms with Crippen LogP contribution in [0.25, 0.3) is 11.0 Å². The first-order valence-electron chi connectivity index (χ1n) is 6.47. The molecule has 0 atom stereocenters. The number of nitrogens with two attached hydrogens (primary N) is 1. The van der Waals surface area contributed by atoms with Gasteiger partial charge in [0.2, 0.25) is 15.0 Å². The lowest BCUT2D eigenvalue weighted by molar-refractivity contribution is 0.588. The second kappa shape index (κ2) is 4.89. The number of benzene rings is 2. The summed E-state index contributed by atoms with van der Waals surface area (Å²) < 4.78 is 24.8. The predicted octanol–water partition coefficient (Wildman–Crippen LogP) is 2.43. The molecule has 0 spiro atoms. The maximum absolute atomic E-state index is 12.4. The summed E-state index contributed by atoms with van der Waals surface area (Å²) >= 11 is 0. The van der Waals surface area contributed by atoms with E-state index in [2.05, 4.69) is 9.97 Å². The molecule has 0 fully saturated rings. The van der Waals surface area contributed by atoms with Crippen LogP contribution in [0.4, 0.5) is 5.69 Å². The third kappa shape index (κ3) is 2.75. The number of aryl methyl sites for hydroxylation is 1. The molecule has 2 aromatic carbocycles. The summed E-state index contributed by atoms with van der Waals surface area (Å²) in [5, 5.41) is -0.0244. The SMILES string of the molecule is Cc1ccc(CS(=O)(=O)c2nc3ccc(N)cc3[nH]2)cc1. The molecule has 0 amide bonds. The number of hydrogen-bond donors (Lipinski definition) is 2. The summed E-state index contributed by atoms with van der Waals surface area (Å²) in [6.07, 6.45) is 0. The Balaban J connectivity index is 1.97. The number of hydrogen-bond acceptors (Lipinski definition) is 4. The van der Waals surface area contributed by atoms with E-state index in [0.29, 0.717) is 16.7 Å². The third-order valence-corrected chi connectivity index (χ3v) is 4.75. The van der Waals surface area contributed by atoms with Crippen LogP contribution in [0.5, 0.6) is 0 Å². The number of H-pyrrole nitrogens is 1. The molecule has 0 aliphatic heterocycles. The number of anilines is 1. The van der Waals surface area contributed by atoms with Crippen molar-refractivity contribution in [3.63, 3.8) is 0 Å². The quantitative estimate of drug-likeness (QED) is 0.727. The zero-order valence-corrected chi connectivity index (χ0v) is 12.3. The van der Waals surface area contributed by atoms with Gasteiger partial charge in [0.1, 0.15) is 0 Å². The van der Waals surface area contributed by atoms with Crippen molar-refractivity contribution < 1.29 is 8.42 Å². The second-order valence-corrected chi connectivity index (χ2v) is 6.97. The van der Waals surface area contributed by atoms with Crippen molar-refractivity contribution in [2.24, 2.45) is 0 Å². The van der Waals surface area contributed by atoms with Crippen molar-refractivity contribution in [3.05, 3.63) is 53.6 Å². The number of nitrogens with one attached hydrogen (secondary N) is 1. The van der Waals surface area contributed by atoms with E-state index in [4.69, 9.17) is 5.73 Å². The van der Waals surface area contributed by atoms with Gasteiger partial charge in [-0.05, 0) is 30.7 Å². The van der Waals surface area contributed by atoms with Crippen LogP contribution < -0.4 is 5.73 Å². The molecular formula is C15H15N3O2S. The van der Waals surface area contributed by atoms with Gasteiger partial charge in [-0.1, -0.05) is 29.8 Å². The van der Waals surface area contributed by atoms with Crippen LogP contribution in [0.1, 0.15) is 11.1 Å². The Hall–Kier alpha value is -2.34. The van der Waals surface area contributed by atoms with Crippen molar-refractivity contribution in [1.82, 2.24) is 9.97 Å². The fourth-order valence-corrected chi connectivity index (χ4v) is 3.39. The first kappa shape index (κ1) is 13.6. The molecule has 108 valence electrons. The van der Waals surface area contributed by atoms with Gasteiger partial charge in [-0.2, -0.15) is 0 Å². The lowest BCUT2D eigenvalue weighted by atomic mass is 10.2. The number of sulfone groups is 1.